The van der Waals surface area contributed by atoms with Crippen molar-refractivity contribution >= 4 is 0 Å². The molecule has 0 fully saturated rings. The fraction of sp³-hybridized carbons (Fsp3) is 0.857. The third-order valence-corrected chi connectivity index (χ3v) is 3.03. The van der Waals surface area contributed by atoms with E-state index >= 15 is 0 Å². The third-order valence-electron chi connectivity index (χ3n) is 3.03. The van der Waals surface area contributed by atoms with Gasteiger partial charge in [-0.15, -0.1) is 0 Å². The number of allylic oxidation sites excluding steroid dienone is 1. The Morgan fingerprint density at radius 3 is 2.50 bits per heavy atom. The molecule has 1 N–H and O–H groups in total. The van der Waals surface area contributed by atoms with Gasteiger partial charge >= 0.3 is 0 Å². The lowest BCUT2D eigenvalue weighted by atomic mass is 10.1. The zero-order chi connectivity index (χ0) is 12.2. The Morgan fingerprint density at radius 1 is 1.12 bits per heavy atom. The van der Waals surface area contributed by atoms with Crippen LogP contribution < -0.4 is 5.32 Å². The highest BCUT2D eigenvalue weighted by molar-refractivity contribution is 4.91. The van der Waals surface area contributed by atoms with Crippen molar-refractivity contribution in [3.8, 4) is 0 Å². The van der Waals surface area contributed by atoms with Gasteiger partial charge in [-0.25, -0.2) is 0 Å². The molecule has 2 heteroatoms. The van der Waals surface area contributed by atoms with Crippen molar-refractivity contribution in [1.82, 2.24) is 10.2 Å². The topological polar surface area (TPSA) is 15.3 Å². The first-order valence-corrected chi connectivity index (χ1v) is 6.75. The summed E-state index contributed by atoms with van der Waals surface area (Å²) in [6.45, 7) is 8.72. The van der Waals surface area contributed by atoms with E-state index in [1.54, 1.807) is 0 Å². The molecule has 0 amide bonds. The molecule has 0 aliphatic heterocycles. The first-order valence-electron chi connectivity index (χ1n) is 6.75. The van der Waals surface area contributed by atoms with Crippen molar-refractivity contribution in [3.63, 3.8) is 0 Å². The molecule has 16 heavy (non-hydrogen) atoms. The smallest absolute Gasteiger partial charge is 0.0171 e. The lowest BCUT2D eigenvalue weighted by Gasteiger charge is -2.21. The monoisotopic (exact) mass is 226 g/mol. The van der Waals surface area contributed by atoms with Crippen molar-refractivity contribution < 1.29 is 0 Å². The number of rotatable bonds is 11. The van der Waals surface area contributed by atoms with E-state index in [9.17, 15) is 0 Å². The van der Waals surface area contributed by atoms with Crippen LogP contribution in [0.3, 0.4) is 0 Å². The van der Waals surface area contributed by atoms with Gasteiger partial charge in [0.1, 0.15) is 0 Å². The Kier molecular flexibility index (Phi) is 10.7. The van der Waals surface area contributed by atoms with Gasteiger partial charge in [-0.3, -0.25) is 0 Å². The summed E-state index contributed by atoms with van der Waals surface area (Å²) in [4.78, 5) is 2.33. The first-order chi connectivity index (χ1) is 7.72. The standard InChI is InChI=1S/C14H30N2/c1-5-6-10-13-16(4)14(2)11-8-7-9-12-15-3/h15H,2,5-13H2,1,3-4H3. The lowest BCUT2D eigenvalue weighted by molar-refractivity contribution is 0.384. The summed E-state index contributed by atoms with van der Waals surface area (Å²) in [5.74, 6) is 0. The van der Waals surface area contributed by atoms with Crippen LogP contribution in [0, 0.1) is 0 Å². The van der Waals surface area contributed by atoms with Crippen LogP contribution in [0.1, 0.15) is 51.9 Å². The summed E-state index contributed by atoms with van der Waals surface area (Å²) in [6, 6.07) is 0. The summed E-state index contributed by atoms with van der Waals surface area (Å²) >= 11 is 0. The van der Waals surface area contributed by atoms with Crippen LogP contribution in [0.4, 0.5) is 0 Å². The summed E-state index contributed by atoms with van der Waals surface area (Å²) in [5.41, 5.74) is 1.31. The summed E-state index contributed by atoms with van der Waals surface area (Å²) < 4.78 is 0. The van der Waals surface area contributed by atoms with E-state index in [4.69, 9.17) is 0 Å². The van der Waals surface area contributed by atoms with Crippen molar-refractivity contribution in [3.05, 3.63) is 12.3 Å². The highest BCUT2D eigenvalue weighted by Gasteiger charge is 2.01. The van der Waals surface area contributed by atoms with Gasteiger partial charge in [0.2, 0.25) is 0 Å². The Balaban J connectivity index is 3.40. The maximum Gasteiger partial charge on any atom is 0.0171 e. The molecule has 0 unspecified atom stereocenters. The molecule has 0 heterocycles. The van der Waals surface area contributed by atoms with Gasteiger partial charge in [-0.05, 0) is 39.3 Å². The van der Waals surface area contributed by atoms with Gasteiger partial charge in [0.25, 0.3) is 0 Å². The van der Waals surface area contributed by atoms with Gasteiger partial charge in [-0.1, -0.05) is 32.8 Å². The average molecular weight is 226 g/mol. The van der Waals surface area contributed by atoms with Crippen molar-refractivity contribution in [2.24, 2.45) is 0 Å². The molecule has 0 spiro atoms. The van der Waals surface area contributed by atoms with Gasteiger partial charge in [-0.2, -0.15) is 0 Å². The average Bonchev–Trinajstić information content (AvgIpc) is 2.28. The molecule has 2 nitrogen and oxygen atoms in total. The Bertz CT molecular complexity index is 166. The van der Waals surface area contributed by atoms with E-state index in [-0.39, 0.29) is 0 Å². The predicted molar refractivity (Wildman–Crippen MR) is 73.7 cm³/mol. The van der Waals surface area contributed by atoms with E-state index in [1.165, 1.54) is 50.8 Å². The minimum atomic E-state index is 1.14. The lowest BCUT2D eigenvalue weighted by Crippen LogP contribution is -2.18. The van der Waals surface area contributed by atoms with Crippen LogP contribution in [0.5, 0.6) is 0 Å². The Hall–Kier alpha value is -0.500. The fourth-order valence-corrected chi connectivity index (χ4v) is 1.76. The van der Waals surface area contributed by atoms with Gasteiger partial charge in [0, 0.05) is 19.3 Å². The van der Waals surface area contributed by atoms with Crippen LogP contribution >= 0.6 is 0 Å². The molecular formula is C14H30N2. The molecule has 0 aromatic rings. The van der Waals surface area contributed by atoms with Crippen molar-refractivity contribution in [1.29, 1.82) is 0 Å². The van der Waals surface area contributed by atoms with Crippen LogP contribution in [0.25, 0.3) is 0 Å². The molecular weight excluding hydrogens is 196 g/mol. The largest absolute Gasteiger partial charge is 0.378 e. The van der Waals surface area contributed by atoms with Gasteiger partial charge in [0.15, 0.2) is 0 Å². The highest BCUT2D eigenvalue weighted by atomic mass is 15.1. The fourth-order valence-electron chi connectivity index (χ4n) is 1.76. The quantitative estimate of drug-likeness (QED) is 0.543. The van der Waals surface area contributed by atoms with Crippen LogP contribution in [0.15, 0.2) is 12.3 Å². The minimum Gasteiger partial charge on any atom is -0.378 e. The zero-order valence-electron chi connectivity index (χ0n) is 11.5. The number of nitrogens with one attached hydrogen (secondary N) is 1. The molecule has 0 aromatic carbocycles. The number of hydrogen-bond donors (Lipinski definition) is 1. The molecule has 0 radical (unpaired) electrons. The second-order valence-corrected chi connectivity index (χ2v) is 4.61. The van der Waals surface area contributed by atoms with E-state index in [0.29, 0.717) is 0 Å². The second-order valence-electron chi connectivity index (χ2n) is 4.61. The van der Waals surface area contributed by atoms with Crippen LogP contribution in [-0.4, -0.2) is 32.1 Å². The number of nitrogens with zero attached hydrogens (tertiary/aromatic N) is 1. The third kappa shape index (κ3) is 8.78. The molecule has 0 rings (SSSR count). The minimum absolute atomic E-state index is 1.14. The van der Waals surface area contributed by atoms with Crippen molar-refractivity contribution in [2.75, 3.05) is 27.2 Å². The highest BCUT2D eigenvalue weighted by Crippen LogP contribution is 2.11. The molecule has 0 aromatic heterocycles. The molecule has 96 valence electrons. The van der Waals surface area contributed by atoms with E-state index < -0.39 is 0 Å². The first kappa shape index (κ1) is 15.5. The van der Waals surface area contributed by atoms with Gasteiger partial charge < -0.3 is 10.2 Å². The maximum atomic E-state index is 4.16. The molecule has 0 saturated carbocycles. The summed E-state index contributed by atoms with van der Waals surface area (Å²) in [5, 5.41) is 3.18. The molecule has 0 aliphatic carbocycles. The normalized spacial score (nSPS) is 10.4. The Morgan fingerprint density at radius 2 is 1.88 bits per heavy atom. The number of hydrogen-bond acceptors (Lipinski definition) is 2. The zero-order valence-corrected chi connectivity index (χ0v) is 11.5. The predicted octanol–water partition coefficient (Wildman–Crippen LogP) is 3.40. The SMILES string of the molecule is C=C(CCCCCNC)N(C)CCCCC. The van der Waals surface area contributed by atoms with E-state index in [1.807, 2.05) is 7.05 Å². The number of unbranched alkanes of at least 4 members (excludes halogenated alkanes) is 4. The summed E-state index contributed by atoms with van der Waals surface area (Å²) in [6.07, 6.45) is 8.95. The molecule has 0 bridgehead atoms. The molecule has 0 saturated heterocycles. The van der Waals surface area contributed by atoms with Crippen LogP contribution in [-0.2, 0) is 0 Å². The molecule has 0 aliphatic rings. The second kappa shape index (κ2) is 11.0. The van der Waals surface area contributed by atoms with E-state index in [0.717, 1.165) is 13.0 Å². The van der Waals surface area contributed by atoms with Crippen molar-refractivity contribution in [2.45, 2.75) is 51.9 Å². The summed E-state index contributed by atoms with van der Waals surface area (Å²) in [7, 11) is 4.19. The van der Waals surface area contributed by atoms with E-state index in [2.05, 4.69) is 30.8 Å². The van der Waals surface area contributed by atoms with Crippen LogP contribution in [0.2, 0.25) is 0 Å². The maximum absolute atomic E-state index is 4.16. The molecule has 0 atom stereocenters. The Labute approximate surface area is 102 Å². The van der Waals surface area contributed by atoms with Gasteiger partial charge in [0.05, 0.1) is 0 Å².